The second kappa shape index (κ2) is 3.30. The van der Waals surface area contributed by atoms with Crippen molar-refractivity contribution in [3.63, 3.8) is 0 Å². The topological polar surface area (TPSA) is 43.1 Å². The van der Waals surface area contributed by atoms with E-state index in [2.05, 4.69) is 0 Å². The molecular weight excluding hydrogens is 138 g/mol. The zero-order valence-corrected chi connectivity index (χ0v) is 5.95. The average Bonchev–Trinajstić information content (AvgIpc) is 2.15. The number of benzene rings is 1. The van der Waals surface area contributed by atoms with Crippen molar-refractivity contribution in [2.24, 2.45) is 5.73 Å². The summed E-state index contributed by atoms with van der Waals surface area (Å²) < 4.78 is 21.0. The largest absolute Gasteiger partial charge is 0.321 e. The standard InChI is InChI=1S/C9H11NO/c1-7(10)9(11)8-5-3-2-4-6-8/h2-7H,10H2,1H3/i1D3. The molecule has 1 aromatic carbocycles. The van der Waals surface area contributed by atoms with Crippen LogP contribution in [0.5, 0.6) is 0 Å². The monoisotopic (exact) mass is 152 g/mol. The van der Waals surface area contributed by atoms with Gasteiger partial charge in [-0.2, -0.15) is 0 Å². The summed E-state index contributed by atoms with van der Waals surface area (Å²) >= 11 is 0. The molecule has 0 aliphatic rings. The molecule has 2 N–H and O–H groups in total. The number of nitrogens with two attached hydrogens (primary N) is 1. The Balaban J connectivity index is 2.87. The predicted molar refractivity (Wildman–Crippen MR) is 44.4 cm³/mol. The van der Waals surface area contributed by atoms with Crippen LogP contribution in [0.25, 0.3) is 0 Å². The molecule has 0 radical (unpaired) electrons. The van der Waals surface area contributed by atoms with Gasteiger partial charge in [-0.05, 0) is 6.85 Å². The van der Waals surface area contributed by atoms with Crippen LogP contribution in [0, 0.1) is 0 Å². The number of Topliss-reactive ketones (excluding diaryl/α,β-unsaturated/α-hetero) is 1. The zero-order valence-electron chi connectivity index (χ0n) is 8.95. The average molecular weight is 152 g/mol. The summed E-state index contributed by atoms with van der Waals surface area (Å²) in [7, 11) is 0. The Labute approximate surface area is 70.2 Å². The van der Waals surface area contributed by atoms with Crippen LogP contribution in [-0.2, 0) is 0 Å². The molecule has 0 fully saturated rings. The molecule has 0 aliphatic heterocycles. The molecule has 0 aromatic heterocycles. The second-order valence-corrected chi connectivity index (χ2v) is 2.21. The molecule has 0 saturated heterocycles. The fraction of sp³-hybridized carbons (Fsp3) is 0.222. The van der Waals surface area contributed by atoms with Crippen LogP contribution < -0.4 is 5.73 Å². The Morgan fingerprint density at radius 1 is 1.55 bits per heavy atom. The Bertz CT molecular complexity index is 321. The van der Waals surface area contributed by atoms with E-state index in [-0.39, 0.29) is 0 Å². The lowest BCUT2D eigenvalue weighted by atomic mass is 10.1. The molecule has 0 amide bonds. The third kappa shape index (κ3) is 1.88. The maximum atomic E-state index is 11.5. The number of carbonyl (C=O) groups is 1. The van der Waals surface area contributed by atoms with Gasteiger partial charge in [-0.15, -0.1) is 0 Å². The van der Waals surface area contributed by atoms with Crippen molar-refractivity contribution in [3.8, 4) is 0 Å². The van der Waals surface area contributed by atoms with Crippen molar-refractivity contribution in [2.45, 2.75) is 12.9 Å². The van der Waals surface area contributed by atoms with Crippen molar-refractivity contribution in [1.29, 1.82) is 0 Å². The molecule has 0 bridgehead atoms. The fourth-order valence-corrected chi connectivity index (χ4v) is 0.782. The molecule has 0 heterocycles. The van der Waals surface area contributed by atoms with Gasteiger partial charge in [0.1, 0.15) is 0 Å². The molecule has 0 aliphatic carbocycles. The molecule has 1 atom stereocenters. The highest BCUT2D eigenvalue weighted by Gasteiger charge is 2.08. The van der Waals surface area contributed by atoms with Crippen molar-refractivity contribution in [3.05, 3.63) is 35.9 Å². The summed E-state index contributed by atoms with van der Waals surface area (Å²) in [4.78, 5) is 11.5. The van der Waals surface area contributed by atoms with Gasteiger partial charge in [0.15, 0.2) is 5.78 Å². The van der Waals surface area contributed by atoms with Crippen molar-refractivity contribution >= 4 is 5.78 Å². The summed E-state index contributed by atoms with van der Waals surface area (Å²) in [6.45, 7) is -2.44. The predicted octanol–water partition coefficient (Wildman–Crippen LogP) is 1.22. The lowest BCUT2D eigenvalue weighted by Gasteiger charge is -2.02. The van der Waals surface area contributed by atoms with Crippen LogP contribution in [0.1, 0.15) is 21.3 Å². The van der Waals surface area contributed by atoms with E-state index in [1.807, 2.05) is 0 Å². The lowest BCUT2D eigenvalue weighted by molar-refractivity contribution is 0.0968. The zero-order chi connectivity index (χ0) is 10.8. The Morgan fingerprint density at radius 2 is 2.18 bits per heavy atom. The first-order chi connectivity index (χ1) is 6.43. The summed E-state index contributed by atoms with van der Waals surface area (Å²) in [5, 5.41) is 0. The van der Waals surface area contributed by atoms with Gasteiger partial charge in [0.05, 0.1) is 6.04 Å². The molecule has 2 nitrogen and oxygen atoms in total. The molecule has 11 heavy (non-hydrogen) atoms. The van der Waals surface area contributed by atoms with E-state index in [9.17, 15) is 4.79 Å². The van der Waals surface area contributed by atoms with Crippen LogP contribution in [0.2, 0.25) is 0 Å². The van der Waals surface area contributed by atoms with Gasteiger partial charge in [0, 0.05) is 9.68 Å². The Kier molecular flexibility index (Phi) is 1.40. The molecule has 1 aromatic rings. The van der Waals surface area contributed by atoms with Crippen LogP contribution in [0.4, 0.5) is 0 Å². The van der Waals surface area contributed by atoms with Crippen LogP contribution in [-0.4, -0.2) is 11.8 Å². The van der Waals surface area contributed by atoms with E-state index >= 15 is 0 Å². The highest BCUT2D eigenvalue weighted by atomic mass is 16.1. The maximum absolute atomic E-state index is 11.5. The molecule has 2 heteroatoms. The molecule has 1 unspecified atom stereocenters. The van der Waals surface area contributed by atoms with E-state index in [1.54, 1.807) is 30.3 Å². The summed E-state index contributed by atoms with van der Waals surface area (Å²) in [5.74, 6) is -0.550. The summed E-state index contributed by atoms with van der Waals surface area (Å²) in [6, 6.07) is 6.74. The SMILES string of the molecule is [2H]C([2H])([2H])C(N)C(=O)c1ccccc1. The normalized spacial score (nSPS) is 17.7. The van der Waals surface area contributed by atoms with Crippen LogP contribution in [0.3, 0.4) is 0 Å². The third-order valence-corrected chi connectivity index (χ3v) is 1.34. The highest BCUT2D eigenvalue weighted by Crippen LogP contribution is 2.01. The fourth-order valence-electron chi connectivity index (χ4n) is 0.782. The molecule has 0 saturated carbocycles. The second-order valence-electron chi connectivity index (χ2n) is 2.21. The van der Waals surface area contributed by atoms with Gasteiger partial charge >= 0.3 is 0 Å². The van der Waals surface area contributed by atoms with E-state index < -0.39 is 18.7 Å². The minimum absolute atomic E-state index is 0.330. The van der Waals surface area contributed by atoms with Gasteiger partial charge in [-0.1, -0.05) is 30.3 Å². The van der Waals surface area contributed by atoms with E-state index in [0.717, 1.165) is 0 Å². The van der Waals surface area contributed by atoms with Crippen molar-refractivity contribution in [1.82, 2.24) is 0 Å². The third-order valence-electron chi connectivity index (χ3n) is 1.34. The Morgan fingerprint density at radius 3 is 2.73 bits per heavy atom. The number of ketones is 1. The first kappa shape index (κ1) is 4.67. The number of rotatable bonds is 2. The minimum atomic E-state index is -2.44. The first-order valence-electron chi connectivity index (χ1n) is 4.78. The van der Waals surface area contributed by atoms with Gasteiger partial charge in [-0.3, -0.25) is 4.79 Å². The number of hydrogen-bond acceptors (Lipinski definition) is 2. The van der Waals surface area contributed by atoms with Gasteiger partial charge in [0.2, 0.25) is 0 Å². The van der Waals surface area contributed by atoms with Crippen molar-refractivity contribution in [2.75, 3.05) is 0 Å². The smallest absolute Gasteiger partial charge is 0.179 e. The van der Waals surface area contributed by atoms with Gasteiger partial charge < -0.3 is 5.73 Å². The quantitative estimate of drug-likeness (QED) is 0.647. The first-order valence-corrected chi connectivity index (χ1v) is 3.28. The maximum Gasteiger partial charge on any atom is 0.179 e. The summed E-state index contributed by atoms with van der Waals surface area (Å²) in [6.07, 6.45) is 0. The van der Waals surface area contributed by atoms with E-state index in [4.69, 9.17) is 9.85 Å². The highest BCUT2D eigenvalue weighted by molar-refractivity contribution is 5.99. The number of carbonyl (C=O) groups excluding carboxylic acids is 1. The number of hydrogen-bond donors (Lipinski definition) is 1. The lowest BCUT2D eigenvalue weighted by Crippen LogP contribution is -2.26. The van der Waals surface area contributed by atoms with E-state index in [0.29, 0.717) is 5.56 Å². The van der Waals surface area contributed by atoms with Gasteiger partial charge in [0.25, 0.3) is 0 Å². The van der Waals surface area contributed by atoms with Crippen LogP contribution in [0.15, 0.2) is 30.3 Å². The van der Waals surface area contributed by atoms with Crippen molar-refractivity contribution < 1.29 is 8.91 Å². The summed E-state index contributed by atoms with van der Waals surface area (Å²) in [5.41, 5.74) is 5.64. The van der Waals surface area contributed by atoms with E-state index in [1.165, 1.54) is 0 Å². The molecule has 58 valence electrons. The van der Waals surface area contributed by atoms with Gasteiger partial charge in [-0.25, -0.2) is 0 Å². The molecular formula is C9H11NO. The minimum Gasteiger partial charge on any atom is -0.321 e. The Hall–Kier alpha value is -1.15. The molecule has 1 rings (SSSR count). The van der Waals surface area contributed by atoms with Crippen LogP contribution >= 0.6 is 0 Å². The molecule has 0 spiro atoms.